The van der Waals surface area contributed by atoms with Crippen molar-refractivity contribution in [2.24, 2.45) is 0 Å². The Morgan fingerprint density at radius 2 is 2.00 bits per heavy atom. The van der Waals surface area contributed by atoms with Crippen LogP contribution in [0.4, 0.5) is 0 Å². The van der Waals surface area contributed by atoms with Crippen molar-refractivity contribution >= 4 is 12.6 Å². The van der Waals surface area contributed by atoms with Gasteiger partial charge in [-0.05, 0) is 49.7 Å². The van der Waals surface area contributed by atoms with Gasteiger partial charge in [0, 0.05) is 0 Å². The largest absolute Gasteiger partial charge is 0.316 e. The molecule has 0 aromatic heterocycles. The van der Waals surface area contributed by atoms with Gasteiger partial charge in [-0.3, -0.25) is 0 Å². The molecule has 0 atom stereocenters. The smallest absolute Gasteiger partial charge is 0.000825 e. The predicted molar refractivity (Wildman–Crippen MR) is 66.2 cm³/mol. The van der Waals surface area contributed by atoms with Gasteiger partial charge in [-0.1, -0.05) is 24.3 Å². The van der Waals surface area contributed by atoms with Crippen LogP contribution in [-0.2, 0) is 6.42 Å². The van der Waals surface area contributed by atoms with Crippen molar-refractivity contribution in [1.29, 1.82) is 0 Å². The summed E-state index contributed by atoms with van der Waals surface area (Å²) in [6.07, 6.45) is 2.27. The van der Waals surface area contributed by atoms with Gasteiger partial charge in [0.05, 0.1) is 0 Å². The molecule has 0 aliphatic carbocycles. The molecule has 1 N–H and O–H groups in total. The van der Waals surface area contributed by atoms with E-state index in [4.69, 9.17) is 0 Å². The van der Waals surface area contributed by atoms with Gasteiger partial charge in [-0.25, -0.2) is 0 Å². The van der Waals surface area contributed by atoms with Gasteiger partial charge in [-0.15, -0.1) is 0 Å². The topological polar surface area (TPSA) is 12.0 Å². The summed E-state index contributed by atoms with van der Waals surface area (Å²) in [5.74, 6) is 0.970. The third kappa shape index (κ3) is 4.16. The Morgan fingerprint density at radius 3 is 2.71 bits per heavy atom. The van der Waals surface area contributed by atoms with Crippen LogP contribution in [0.15, 0.2) is 24.3 Å². The third-order valence-corrected chi connectivity index (χ3v) is 2.66. The molecule has 0 heterocycles. The van der Waals surface area contributed by atoms with Gasteiger partial charge >= 0.3 is 0 Å². The summed E-state index contributed by atoms with van der Waals surface area (Å²) < 4.78 is 0. The number of aryl methyl sites for hydroxylation is 1. The molecule has 14 heavy (non-hydrogen) atoms. The molecule has 1 nitrogen and oxygen atoms in total. The predicted octanol–water partition coefficient (Wildman–Crippen LogP) is 2.45. The average Bonchev–Trinajstić information content (AvgIpc) is 2.20. The Morgan fingerprint density at radius 1 is 1.21 bits per heavy atom. The standard InChI is InChI=1S/C12H19NS/c1-11-5-2-3-6-12(11)7-9-13-8-4-10-14/h2-3,5-6,13-14H,4,7-10H2,1H3. The highest BCUT2D eigenvalue weighted by molar-refractivity contribution is 7.80. The highest BCUT2D eigenvalue weighted by Gasteiger charge is 1.95. The summed E-state index contributed by atoms with van der Waals surface area (Å²) in [6.45, 7) is 4.32. The number of nitrogens with one attached hydrogen (secondary N) is 1. The molecule has 0 amide bonds. The van der Waals surface area contributed by atoms with E-state index in [1.54, 1.807) is 0 Å². The highest BCUT2D eigenvalue weighted by Crippen LogP contribution is 2.06. The van der Waals surface area contributed by atoms with Gasteiger partial charge in [0.2, 0.25) is 0 Å². The summed E-state index contributed by atoms with van der Waals surface area (Å²) in [4.78, 5) is 0. The summed E-state index contributed by atoms with van der Waals surface area (Å²) in [7, 11) is 0. The van der Waals surface area contributed by atoms with E-state index in [0.717, 1.165) is 31.7 Å². The Hall–Kier alpha value is -0.470. The van der Waals surface area contributed by atoms with Crippen LogP contribution >= 0.6 is 12.6 Å². The maximum atomic E-state index is 4.17. The minimum Gasteiger partial charge on any atom is -0.316 e. The summed E-state index contributed by atoms with van der Waals surface area (Å²) in [5, 5.41) is 3.41. The SMILES string of the molecule is Cc1ccccc1CCNCCCS. The van der Waals surface area contributed by atoms with Crippen molar-refractivity contribution < 1.29 is 0 Å². The van der Waals surface area contributed by atoms with E-state index in [1.807, 2.05) is 0 Å². The zero-order chi connectivity index (χ0) is 10.2. The first-order valence-electron chi connectivity index (χ1n) is 5.20. The van der Waals surface area contributed by atoms with Crippen LogP contribution in [0, 0.1) is 6.92 Å². The van der Waals surface area contributed by atoms with Crippen LogP contribution < -0.4 is 5.32 Å². The fraction of sp³-hybridized carbons (Fsp3) is 0.500. The van der Waals surface area contributed by atoms with E-state index >= 15 is 0 Å². The number of hydrogen-bond acceptors (Lipinski definition) is 2. The van der Waals surface area contributed by atoms with Crippen molar-refractivity contribution in [3.63, 3.8) is 0 Å². The van der Waals surface area contributed by atoms with E-state index in [0.29, 0.717) is 0 Å². The number of rotatable bonds is 6. The summed E-state index contributed by atoms with van der Waals surface area (Å²) in [6, 6.07) is 8.57. The van der Waals surface area contributed by atoms with Crippen molar-refractivity contribution in [2.75, 3.05) is 18.8 Å². The van der Waals surface area contributed by atoms with Crippen LogP contribution in [0.2, 0.25) is 0 Å². The molecule has 1 rings (SSSR count). The second kappa shape index (κ2) is 6.91. The first kappa shape index (κ1) is 11.6. The van der Waals surface area contributed by atoms with Gasteiger partial charge in [-0.2, -0.15) is 12.6 Å². The lowest BCUT2D eigenvalue weighted by Crippen LogP contribution is -2.19. The fourth-order valence-corrected chi connectivity index (χ4v) is 1.60. The first-order chi connectivity index (χ1) is 6.84. The molecule has 0 unspecified atom stereocenters. The Balaban J connectivity index is 2.21. The molecular weight excluding hydrogens is 190 g/mol. The van der Waals surface area contributed by atoms with Crippen LogP contribution in [0.3, 0.4) is 0 Å². The molecule has 0 bridgehead atoms. The van der Waals surface area contributed by atoms with E-state index in [2.05, 4.69) is 49.1 Å². The molecule has 78 valence electrons. The molecule has 0 aliphatic heterocycles. The molecule has 0 radical (unpaired) electrons. The van der Waals surface area contributed by atoms with Crippen molar-refractivity contribution in [2.45, 2.75) is 19.8 Å². The van der Waals surface area contributed by atoms with Crippen molar-refractivity contribution in [3.8, 4) is 0 Å². The molecular formula is C12H19NS. The molecule has 0 aliphatic rings. The molecule has 0 fully saturated rings. The Kier molecular flexibility index (Phi) is 5.72. The molecule has 0 spiro atoms. The van der Waals surface area contributed by atoms with E-state index in [-0.39, 0.29) is 0 Å². The van der Waals surface area contributed by atoms with Crippen LogP contribution in [0.5, 0.6) is 0 Å². The molecule has 1 aromatic carbocycles. The first-order valence-corrected chi connectivity index (χ1v) is 5.84. The zero-order valence-electron chi connectivity index (χ0n) is 8.79. The fourth-order valence-electron chi connectivity index (χ4n) is 1.44. The lowest BCUT2D eigenvalue weighted by atomic mass is 10.1. The number of benzene rings is 1. The van der Waals surface area contributed by atoms with Crippen LogP contribution in [0.1, 0.15) is 17.5 Å². The Labute approximate surface area is 92.3 Å². The quantitative estimate of drug-likeness (QED) is 0.542. The monoisotopic (exact) mass is 209 g/mol. The average molecular weight is 209 g/mol. The second-order valence-corrected chi connectivity index (χ2v) is 3.95. The van der Waals surface area contributed by atoms with Gasteiger partial charge in [0.1, 0.15) is 0 Å². The normalized spacial score (nSPS) is 10.4. The number of hydrogen-bond donors (Lipinski definition) is 2. The zero-order valence-corrected chi connectivity index (χ0v) is 9.69. The lowest BCUT2D eigenvalue weighted by molar-refractivity contribution is 0.674. The minimum atomic E-state index is 0.970. The van der Waals surface area contributed by atoms with Crippen molar-refractivity contribution in [3.05, 3.63) is 35.4 Å². The van der Waals surface area contributed by atoms with Gasteiger partial charge in [0.15, 0.2) is 0 Å². The minimum absolute atomic E-state index is 0.970. The highest BCUT2D eigenvalue weighted by atomic mass is 32.1. The summed E-state index contributed by atoms with van der Waals surface area (Å²) in [5.41, 5.74) is 2.84. The molecule has 0 saturated carbocycles. The van der Waals surface area contributed by atoms with E-state index in [9.17, 15) is 0 Å². The van der Waals surface area contributed by atoms with E-state index in [1.165, 1.54) is 11.1 Å². The summed E-state index contributed by atoms with van der Waals surface area (Å²) >= 11 is 4.17. The lowest BCUT2D eigenvalue weighted by Gasteiger charge is -2.06. The van der Waals surface area contributed by atoms with E-state index < -0.39 is 0 Å². The molecule has 1 aromatic rings. The van der Waals surface area contributed by atoms with Crippen LogP contribution in [-0.4, -0.2) is 18.8 Å². The van der Waals surface area contributed by atoms with Crippen molar-refractivity contribution in [1.82, 2.24) is 5.32 Å². The molecule has 2 heteroatoms. The number of thiol groups is 1. The second-order valence-electron chi connectivity index (χ2n) is 3.50. The Bertz CT molecular complexity index is 260. The third-order valence-electron chi connectivity index (χ3n) is 2.34. The van der Waals surface area contributed by atoms with Gasteiger partial charge < -0.3 is 5.32 Å². The van der Waals surface area contributed by atoms with Gasteiger partial charge in [0.25, 0.3) is 0 Å². The van der Waals surface area contributed by atoms with Crippen LogP contribution in [0.25, 0.3) is 0 Å². The maximum Gasteiger partial charge on any atom is -0.000825 e. The maximum absolute atomic E-state index is 4.17. The molecule has 0 saturated heterocycles.